The first kappa shape index (κ1) is 13.8. The lowest BCUT2D eigenvalue weighted by Crippen LogP contribution is -2.36. The highest BCUT2D eigenvalue weighted by Crippen LogP contribution is 2.31. The molecule has 2 heteroatoms. The maximum Gasteiger partial charge on any atom is 0.0367 e. The summed E-state index contributed by atoms with van der Waals surface area (Å²) in [6.07, 6.45) is 4.05. The average Bonchev–Trinajstić information content (AvgIpc) is 2.81. The van der Waals surface area contributed by atoms with Gasteiger partial charge in [0.25, 0.3) is 0 Å². The fourth-order valence-corrected chi connectivity index (χ4v) is 4.04. The predicted molar refractivity (Wildman–Crippen MR) is 93.3 cm³/mol. The summed E-state index contributed by atoms with van der Waals surface area (Å²) >= 11 is 0. The average molecular weight is 292 g/mol. The Labute approximate surface area is 133 Å². The van der Waals surface area contributed by atoms with E-state index in [-0.39, 0.29) is 0 Å². The predicted octanol–water partition coefficient (Wildman–Crippen LogP) is 4.03. The van der Waals surface area contributed by atoms with E-state index in [1.54, 1.807) is 0 Å². The lowest BCUT2D eigenvalue weighted by Gasteiger charge is -2.27. The highest BCUT2D eigenvalue weighted by Gasteiger charge is 2.34. The Kier molecular flexibility index (Phi) is 3.63. The Balaban J connectivity index is 1.54. The molecular weight excluding hydrogens is 268 g/mol. The van der Waals surface area contributed by atoms with E-state index in [1.807, 2.05) is 0 Å². The number of fused-ring (bicyclic) bond motifs is 2. The summed E-state index contributed by atoms with van der Waals surface area (Å²) in [4.78, 5) is 5.19. The van der Waals surface area contributed by atoms with Crippen LogP contribution in [0.2, 0.25) is 0 Å². The summed E-state index contributed by atoms with van der Waals surface area (Å²) in [5.41, 5.74) is 3.97. The van der Waals surface area contributed by atoms with Crippen molar-refractivity contribution >= 4 is 5.69 Å². The summed E-state index contributed by atoms with van der Waals surface area (Å²) in [6.45, 7) is 2.37. The molecule has 114 valence electrons. The van der Waals surface area contributed by atoms with Gasteiger partial charge in [0.05, 0.1) is 0 Å². The fourth-order valence-electron chi connectivity index (χ4n) is 4.04. The lowest BCUT2D eigenvalue weighted by molar-refractivity contribution is 0.254. The van der Waals surface area contributed by atoms with Crippen LogP contribution in [0.25, 0.3) is 11.1 Å². The Hall–Kier alpha value is -1.80. The SMILES string of the molecule is CN1C2CCC1CN(c1ccc(-c3ccccc3)cc1)CC2. The van der Waals surface area contributed by atoms with Crippen LogP contribution in [0.4, 0.5) is 5.69 Å². The molecule has 2 heterocycles. The number of nitrogens with zero attached hydrogens (tertiary/aromatic N) is 2. The van der Waals surface area contributed by atoms with Gasteiger partial charge in [-0.3, -0.25) is 4.90 Å². The van der Waals surface area contributed by atoms with Gasteiger partial charge < -0.3 is 4.90 Å². The summed E-state index contributed by atoms with van der Waals surface area (Å²) in [6, 6.07) is 21.3. The second-order valence-corrected chi connectivity index (χ2v) is 6.70. The van der Waals surface area contributed by atoms with Crippen LogP contribution in [0, 0.1) is 0 Å². The molecule has 2 atom stereocenters. The number of benzene rings is 2. The molecule has 2 aromatic rings. The summed E-state index contributed by atoms with van der Waals surface area (Å²) in [5, 5.41) is 0. The first-order valence-electron chi connectivity index (χ1n) is 8.43. The van der Waals surface area contributed by atoms with Crippen molar-refractivity contribution in [2.24, 2.45) is 0 Å². The first-order chi connectivity index (χ1) is 10.8. The third-order valence-electron chi connectivity index (χ3n) is 5.49. The van der Waals surface area contributed by atoms with Crippen molar-refractivity contribution in [3.05, 3.63) is 54.6 Å². The Morgan fingerprint density at radius 2 is 1.45 bits per heavy atom. The van der Waals surface area contributed by atoms with E-state index in [0.717, 1.165) is 12.1 Å². The van der Waals surface area contributed by atoms with Crippen LogP contribution in [-0.4, -0.2) is 37.1 Å². The van der Waals surface area contributed by atoms with Crippen LogP contribution in [0.15, 0.2) is 54.6 Å². The van der Waals surface area contributed by atoms with Gasteiger partial charge >= 0.3 is 0 Å². The molecular formula is C20H24N2. The minimum absolute atomic E-state index is 0.737. The quantitative estimate of drug-likeness (QED) is 0.824. The molecule has 2 aliphatic rings. The molecule has 22 heavy (non-hydrogen) atoms. The largest absolute Gasteiger partial charge is 0.370 e. The smallest absolute Gasteiger partial charge is 0.0367 e. The second kappa shape index (κ2) is 5.77. The molecule has 0 radical (unpaired) electrons. The van der Waals surface area contributed by atoms with E-state index >= 15 is 0 Å². The van der Waals surface area contributed by atoms with Crippen molar-refractivity contribution in [3.8, 4) is 11.1 Å². The highest BCUT2D eigenvalue weighted by molar-refractivity contribution is 5.66. The maximum atomic E-state index is 2.61. The van der Waals surface area contributed by atoms with Gasteiger partial charge in [-0.1, -0.05) is 42.5 Å². The van der Waals surface area contributed by atoms with E-state index < -0.39 is 0 Å². The zero-order valence-electron chi connectivity index (χ0n) is 13.3. The van der Waals surface area contributed by atoms with Gasteiger partial charge in [-0.2, -0.15) is 0 Å². The van der Waals surface area contributed by atoms with Crippen molar-refractivity contribution in [1.29, 1.82) is 0 Å². The molecule has 0 N–H and O–H groups in total. The molecule has 2 aromatic carbocycles. The zero-order chi connectivity index (χ0) is 14.9. The van der Waals surface area contributed by atoms with Gasteiger partial charge in [0.2, 0.25) is 0 Å². The van der Waals surface area contributed by atoms with Crippen molar-refractivity contribution in [3.63, 3.8) is 0 Å². The van der Waals surface area contributed by atoms with E-state index in [0.29, 0.717) is 0 Å². The molecule has 0 spiro atoms. The molecule has 0 aromatic heterocycles. The standard InChI is InChI=1S/C20H24N2/c1-21-18-11-12-20(21)15-22(14-13-18)19-9-7-17(8-10-19)16-5-3-2-4-6-16/h2-10,18,20H,11-15H2,1H3. The normalized spacial score (nSPS) is 25.2. The number of likely N-dealkylation sites (N-methyl/N-ethyl adjacent to an activating group) is 1. The molecule has 2 bridgehead atoms. The summed E-state index contributed by atoms with van der Waals surface area (Å²) in [5.74, 6) is 0. The summed E-state index contributed by atoms with van der Waals surface area (Å²) < 4.78 is 0. The van der Waals surface area contributed by atoms with Gasteiger partial charge in [0, 0.05) is 30.9 Å². The van der Waals surface area contributed by atoms with Crippen LogP contribution in [-0.2, 0) is 0 Å². The van der Waals surface area contributed by atoms with Gasteiger partial charge in [-0.05, 0) is 49.6 Å². The monoisotopic (exact) mass is 292 g/mol. The van der Waals surface area contributed by atoms with Crippen molar-refractivity contribution in [1.82, 2.24) is 4.90 Å². The molecule has 0 aliphatic carbocycles. The molecule has 2 fully saturated rings. The number of anilines is 1. The Morgan fingerprint density at radius 3 is 2.23 bits per heavy atom. The second-order valence-electron chi connectivity index (χ2n) is 6.70. The van der Waals surface area contributed by atoms with Crippen LogP contribution < -0.4 is 4.90 Å². The van der Waals surface area contributed by atoms with Crippen molar-refractivity contribution < 1.29 is 0 Å². The van der Waals surface area contributed by atoms with Crippen LogP contribution >= 0.6 is 0 Å². The zero-order valence-corrected chi connectivity index (χ0v) is 13.3. The third-order valence-corrected chi connectivity index (χ3v) is 5.49. The van der Waals surface area contributed by atoms with Crippen molar-refractivity contribution in [2.75, 3.05) is 25.0 Å². The Morgan fingerprint density at radius 1 is 0.773 bits per heavy atom. The highest BCUT2D eigenvalue weighted by atomic mass is 15.3. The van der Waals surface area contributed by atoms with Gasteiger partial charge in [0.15, 0.2) is 0 Å². The number of rotatable bonds is 2. The van der Waals surface area contributed by atoms with Crippen LogP contribution in [0.5, 0.6) is 0 Å². The van der Waals surface area contributed by atoms with E-state index in [1.165, 1.54) is 49.2 Å². The molecule has 2 unspecified atom stereocenters. The van der Waals surface area contributed by atoms with Crippen LogP contribution in [0.1, 0.15) is 19.3 Å². The third kappa shape index (κ3) is 2.52. The molecule has 0 saturated carbocycles. The molecule has 2 aliphatic heterocycles. The lowest BCUT2D eigenvalue weighted by atomic mass is 10.0. The van der Waals surface area contributed by atoms with Gasteiger partial charge in [0.1, 0.15) is 0 Å². The van der Waals surface area contributed by atoms with E-state index in [4.69, 9.17) is 0 Å². The molecule has 2 saturated heterocycles. The van der Waals surface area contributed by atoms with E-state index in [9.17, 15) is 0 Å². The van der Waals surface area contributed by atoms with Gasteiger partial charge in [-0.25, -0.2) is 0 Å². The maximum absolute atomic E-state index is 2.61. The molecule has 4 rings (SSSR count). The fraction of sp³-hybridized carbons (Fsp3) is 0.400. The van der Waals surface area contributed by atoms with E-state index in [2.05, 4.69) is 71.4 Å². The Bertz CT molecular complexity index is 620. The van der Waals surface area contributed by atoms with Crippen molar-refractivity contribution in [2.45, 2.75) is 31.3 Å². The number of hydrogen-bond donors (Lipinski definition) is 0. The minimum atomic E-state index is 0.737. The minimum Gasteiger partial charge on any atom is -0.370 e. The number of hydrogen-bond acceptors (Lipinski definition) is 2. The molecule has 0 amide bonds. The molecule has 2 nitrogen and oxygen atoms in total. The van der Waals surface area contributed by atoms with Crippen LogP contribution in [0.3, 0.4) is 0 Å². The topological polar surface area (TPSA) is 6.48 Å². The van der Waals surface area contributed by atoms with Gasteiger partial charge in [-0.15, -0.1) is 0 Å². The summed E-state index contributed by atoms with van der Waals surface area (Å²) in [7, 11) is 2.31. The first-order valence-corrected chi connectivity index (χ1v) is 8.43.